The largest absolute Gasteiger partial charge is 0.478 e. The summed E-state index contributed by atoms with van der Waals surface area (Å²) in [4.78, 5) is 10.3. The minimum absolute atomic E-state index is 0.119. The first-order valence-corrected chi connectivity index (χ1v) is 3.00. The fourth-order valence-electron chi connectivity index (χ4n) is 0.766. The molecule has 2 nitrogen and oxygen atoms in total. The monoisotopic (exact) mass is 168 g/mol. The average molecular weight is 168 g/mol. The molecule has 0 aliphatic carbocycles. The zero-order valence-electron chi connectivity index (χ0n) is 5.84. The van der Waals surface area contributed by atoms with Crippen molar-refractivity contribution in [2.45, 2.75) is 0 Å². The summed E-state index contributed by atoms with van der Waals surface area (Å²) in [6.45, 7) is 0. The SMILES string of the molecule is [B]c1cc(F)c(F)c(C(=O)O)c1. The summed E-state index contributed by atoms with van der Waals surface area (Å²) >= 11 is 0. The number of aromatic carboxylic acids is 1. The van der Waals surface area contributed by atoms with Gasteiger partial charge in [-0.1, -0.05) is 11.5 Å². The van der Waals surface area contributed by atoms with Gasteiger partial charge in [0.05, 0.1) is 5.56 Å². The second-order valence-electron chi connectivity index (χ2n) is 2.17. The molecule has 60 valence electrons. The number of hydrogen-bond donors (Lipinski definition) is 1. The summed E-state index contributed by atoms with van der Waals surface area (Å²) in [6, 6.07) is 1.59. The molecule has 0 aliphatic rings. The van der Waals surface area contributed by atoms with Crippen LogP contribution < -0.4 is 5.46 Å². The van der Waals surface area contributed by atoms with Gasteiger partial charge in [0, 0.05) is 0 Å². The number of halogens is 2. The number of carbonyl (C=O) groups is 1. The topological polar surface area (TPSA) is 37.3 Å². The van der Waals surface area contributed by atoms with E-state index in [1.165, 1.54) is 0 Å². The van der Waals surface area contributed by atoms with Crippen LogP contribution in [0.3, 0.4) is 0 Å². The molecule has 0 saturated carbocycles. The Balaban J connectivity index is 3.37. The summed E-state index contributed by atoms with van der Waals surface area (Å²) in [6.07, 6.45) is 0. The molecule has 0 saturated heterocycles. The van der Waals surface area contributed by atoms with Crippen LogP contribution in [0.25, 0.3) is 0 Å². The molecule has 0 fully saturated rings. The van der Waals surface area contributed by atoms with E-state index in [0.717, 1.165) is 12.1 Å². The molecule has 1 aromatic rings. The Morgan fingerprint density at radius 3 is 2.50 bits per heavy atom. The van der Waals surface area contributed by atoms with Gasteiger partial charge in [0.2, 0.25) is 0 Å². The highest BCUT2D eigenvalue weighted by molar-refractivity contribution is 6.32. The average Bonchev–Trinajstić information content (AvgIpc) is 1.96. The summed E-state index contributed by atoms with van der Waals surface area (Å²) in [5.41, 5.74) is -0.876. The molecule has 0 bridgehead atoms. The molecule has 0 aromatic heterocycles. The first-order valence-electron chi connectivity index (χ1n) is 3.00. The van der Waals surface area contributed by atoms with Crippen molar-refractivity contribution in [2.75, 3.05) is 0 Å². The molecule has 0 unspecified atom stereocenters. The van der Waals surface area contributed by atoms with Gasteiger partial charge in [-0.25, -0.2) is 13.6 Å². The molecule has 0 aliphatic heterocycles. The molecule has 0 heterocycles. The molecule has 0 amide bonds. The van der Waals surface area contributed by atoms with Crippen LogP contribution >= 0.6 is 0 Å². The Hall–Kier alpha value is -1.39. The van der Waals surface area contributed by atoms with Gasteiger partial charge >= 0.3 is 5.97 Å². The zero-order valence-corrected chi connectivity index (χ0v) is 5.84. The van der Waals surface area contributed by atoms with Gasteiger partial charge in [0.15, 0.2) is 11.6 Å². The number of hydrogen-bond acceptors (Lipinski definition) is 1. The second-order valence-corrected chi connectivity index (χ2v) is 2.17. The minimum Gasteiger partial charge on any atom is -0.478 e. The Bertz CT molecular complexity index is 338. The van der Waals surface area contributed by atoms with Crippen molar-refractivity contribution in [1.29, 1.82) is 0 Å². The minimum atomic E-state index is -1.54. The van der Waals surface area contributed by atoms with Crippen molar-refractivity contribution >= 4 is 19.3 Å². The van der Waals surface area contributed by atoms with Crippen LogP contribution in [-0.4, -0.2) is 18.9 Å². The number of carboxylic acid groups (broad SMARTS) is 1. The van der Waals surface area contributed by atoms with Crippen molar-refractivity contribution < 1.29 is 18.7 Å². The lowest BCUT2D eigenvalue weighted by molar-refractivity contribution is 0.0691. The fourth-order valence-corrected chi connectivity index (χ4v) is 0.766. The summed E-state index contributed by atoms with van der Waals surface area (Å²) < 4.78 is 25.1. The Morgan fingerprint density at radius 2 is 2.00 bits per heavy atom. The van der Waals surface area contributed by atoms with Crippen molar-refractivity contribution in [1.82, 2.24) is 0 Å². The molecule has 5 heteroatoms. The Labute approximate surface area is 68.2 Å². The summed E-state index contributed by atoms with van der Waals surface area (Å²) in [5.74, 6) is -4.19. The van der Waals surface area contributed by atoms with Crippen molar-refractivity contribution in [3.05, 3.63) is 29.3 Å². The van der Waals surface area contributed by atoms with Crippen molar-refractivity contribution in [3.8, 4) is 0 Å². The first-order chi connectivity index (χ1) is 5.52. The van der Waals surface area contributed by atoms with E-state index >= 15 is 0 Å². The van der Waals surface area contributed by atoms with E-state index in [1.54, 1.807) is 0 Å². The van der Waals surface area contributed by atoms with E-state index < -0.39 is 23.2 Å². The quantitative estimate of drug-likeness (QED) is 0.618. The molecular weight excluding hydrogens is 165 g/mol. The van der Waals surface area contributed by atoms with E-state index in [0.29, 0.717) is 0 Å². The van der Waals surface area contributed by atoms with Crippen molar-refractivity contribution in [3.63, 3.8) is 0 Å². The molecule has 12 heavy (non-hydrogen) atoms. The van der Waals surface area contributed by atoms with Crippen LogP contribution in [0.1, 0.15) is 10.4 Å². The van der Waals surface area contributed by atoms with Crippen LogP contribution in [0.5, 0.6) is 0 Å². The second kappa shape index (κ2) is 2.93. The van der Waals surface area contributed by atoms with Gasteiger partial charge in [0.25, 0.3) is 0 Å². The number of rotatable bonds is 1. The lowest BCUT2D eigenvalue weighted by Gasteiger charge is -2.00. The molecule has 1 aromatic carbocycles. The third kappa shape index (κ3) is 1.44. The summed E-state index contributed by atoms with van der Waals surface area (Å²) in [7, 11) is 5.10. The normalized spacial score (nSPS) is 9.83. The van der Waals surface area contributed by atoms with Crippen LogP contribution in [0.4, 0.5) is 8.78 Å². The lowest BCUT2D eigenvalue weighted by atomic mass is 9.94. The Kier molecular flexibility index (Phi) is 2.12. The maximum atomic E-state index is 12.6. The van der Waals surface area contributed by atoms with E-state index in [-0.39, 0.29) is 5.46 Å². The van der Waals surface area contributed by atoms with E-state index in [1.807, 2.05) is 0 Å². The molecule has 1 rings (SSSR count). The number of carboxylic acids is 1. The van der Waals surface area contributed by atoms with Crippen LogP contribution in [-0.2, 0) is 0 Å². The Morgan fingerprint density at radius 1 is 1.42 bits per heavy atom. The van der Waals surface area contributed by atoms with Gasteiger partial charge in [-0.3, -0.25) is 0 Å². The smallest absolute Gasteiger partial charge is 0.338 e. The molecular formula is C7H3BF2O2. The summed E-state index contributed by atoms with van der Waals surface area (Å²) in [5, 5.41) is 8.35. The maximum absolute atomic E-state index is 12.6. The van der Waals surface area contributed by atoms with E-state index in [9.17, 15) is 13.6 Å². The van der Waals surface area contributed by atoms with Gasteiger partial charge in [-0.2, -0.15) is 0 Å². The van der Waals surface area contributed by atoms with Crippen LogP contribution in [0.15, 0.2) is 12.1 Å². The number of benzene rings is 1. The molecule has 0 atom stereocenters. The van der Waals surface area contributed by atoms with Crippen LogP contribution in [0.2, 0.25) is 0 Å². The predicted octanol–water partition coefficient (Wildman–Crippen LogP) is 0.457. The van der Waals surface area contributed by atoms with E-state index in [4.69, 9.17) is 13.0 Å². The highest BCUT2D eigenvalue weighted by Gasteiger charge is 2.14. The zero-order chi connectivity index (χ0) is 9.30. The van der Waals surface area contributed by atoms with Gasteiger partial charge in [-0.15, -0.1) is 0 Å². The maximum Gasteiger partial charge on any atom is 0.338 e. The predicted molar refractivity (Wildman–Crippen MR) is 38.7 cm³/mol. The standard InChI is InChI=1S/C7H3BF2O2/c8-3-1-4(7(11)12)6(10)5(9)2-3/h1-2H,(H,11,12). The lowest BCUT2D eigenvalue weighted by Crippen LogP contribution is -2.12. The third-order valence-corrected chi connectivity index (χ3v) is 1.28. The first kappa shape index (κ1) is 8.71. The van der Waals surface area contributed by atoms with Gasteiger partial charge in [0.1, 0.15) is 7.85 Å². The molecule has 2 radical (unpaired) electrons. The molecule has 1 N–H and O–H groups in total. The van der Waals surface area contributed by atoms with Crippen molar-refractivity contribution in [2.24, 2.45) is 0 Å². The fraction of sp³-hybridized carbons (Fsp3) is 0. The third-order valence-electron chi connectivity index (χ3n) is 1.28. The van der Waals surface area contributed by atoms with Crippen LogP contribution in [0, 0.1) is 11.6 Å². The highest BCUT2D eigenvalue weighted by Crippen LogP contribution is 2.09. The highest BCUT2D eigenvalue weighted by atomic mass is 19.2. The molecule has 0 spiro atoms. The van der Waals surface area contributed by atoms with Gasteiger partial charge < -0.3 is 5.11 Å². The van der Waals surface area contributed by atoms with Gasteiger partial charge in [-0.05, 0) is 6.07 Å². The van der Waals surface area contributed by atoms with E-state index in [2.05, 4.69) is 0 Å².